The Bertz CT molecular complexity index is 301. The van der Waals surface area contributed by atoms with Crippen LogP contribution in [0, 0.1) is 0 Å². The van der Waals surface area contributed by atoms with Crippen LogP contribution in [0.25, 0.3) is 0 Å². The minimum absolute atomic E-state index is 0.0869. The average Bonchev–Trinajstić information content (AvgIpc) is 2.58. The Balaban J connectivity index is 2.23. The molecule has 0 aliphatic heterocycles. The second-order valence-corrected chi connectivity index (χ2v) is 4.77. The standard InChI is InChI=1S/C9H13BrN2OS/c1-11-3-2-9(13)12-5-8-4-7(10)6-14-8/h4,6,11H,2-3,5H2,1H3,(H,12,13). The van der Waals surface area contributed by atoms with E-state index in [9.17, 15) is 4.79 Å². The van der Waals surface area contributed by atoms with Gasteiger partial charge in [-0.25, -0.2) is 0 Å². The van der Waals surface area contributed by atoms with Crippen molar-refractivity contribution >= 4 is 33.2 Å². The lowest BCUT2D eigenvalue weighted by Crippen LogP contribution is -2.25. The second-order valence-electron chi connectivity index (χ2n) is 2.86. The molecule has 1 rings (SSSR count). The molecule has 1 aromatic heterocycles. The summed E-state index contributed by atoms with van der Waals surface area (Å²) in [5, 5.41) is 7.80. The predicted octanol–water partition coefficient (Wildman–Crippen LogP) is 1.74. The molecule has 14 heavy (non-hydrogen) atoms. The maximum Gasteiger partial charge on any atom is 0.221 e. The van der Waals surface area contributed by atoms with E-state index in [1.165, 1.54) is 0 Å². The Morgan fingerprint density at radius 2 is 2.43 bits per heavy atom. The molecule has 0 aliphatic carbocycles. The van der Waals surface area contributed by atoms with Crippen molar-refractivity contribution in [2.75, 3.05) is 13.6 Å². The zero-order valence-corrected chi connectivity index (χ0v) is 10.4. The highest BCUT2D eigenvalue weighted by atomic mass is 79.9. The highest BCUT2D eigenvalue weighted by Gasteiger charge is 2.01. The number of halogens is 1. The predicted molar refractivity (Wildman–Crippen MR) is 62.4 cm³/mol. The molecule has 1 heterocycles. The fourth-order valence-corrected chi connectivity index (χ4v) is 2.35. The summed E-state index contributed by atoms with van der Waals surface area (Å²) < 4.78 is 1.07. The van der Waals surface area contributed by atoms with Gasteiger partial charge in [0.05, 0.1) is 6.54 Å². The van der Waals surface area contributed by atoms with E-state index in [1.54, 1.807) is 11.3 Å². The number of carbonyl (C=O) groups excluding carboxylic acids is 1. The van der Waals surface area contributed by atoms with E-state index in [1.807, 2.05) is 18.5 Å². The fourth-order valence-electron chi connectivity index (χ4n) is 0.959. The van der Waals surface area contributed by atoms with Gasteiger partial charge >= 0.3 is 0 Å². The average molecular weight is 277 g/mol. The Hall–Kier alpha value is -0.390. The Labute approximate surface area is 96.0 Å². The summed E-state index contributed by atoms with van der Waals surface area (Å²) in [5.41, 5.74) is 0. The highest BCUT2D eigenvalue weighted by molar-refractivity contribution is 9.10. The number of nitrogens with one attached hydrogen (secondary N) is 2. The van der Waals surface area contributed by atoms with Gasteiger partial charge in [0.2, 0.25) is 5.91 Å². The summed E-state index contributed by atoms with van der Waals surface area (Å²) in [6.07, 6.45) is 0.531. The van der Waals surface area contributed by atoms with Crippen molar-refractivity contribution in [2.24, 2.45) is 0 Å². The largest absolute Gasteiger partial charge is 0.351 e. The summed E-state index contributed by atoms with van der Waals surface area (Å²) in [5.74, 6) is 0.0869. The van der Waals surface area contributed by atoms with Crippen LogP contribution in [-0.4, -0.2) is 19.5 Å². The third-order valence-corrected chi connectivity index (χ3v) is 3.38. The molecule has 5 heteroatoms. The van der Waals surface area contributed by atoms with Crippen LogP contribution in [0.4, 0.5) is 0 Å². The Morgan fingerprint density at radius 3 is 3.00 bits per heavy atom. The van der Waals surface area contributed by atoms with Gasteiger partial charge in [0.1, 0.15) is 0 Å². The molecular weight excluding hydrogens is 264 g/mol. The number of rotatable bonds is 5. The van der Waals surface area contributed by atoms with Crippen LogP contribution in [0.1, 0.15) is 11.3 Å². The third-order valence-electron chi connectivity index (χ3n) is 1.68. The smallest absolute Gasteiger partial charge is 0.221 e. The van der Waals surface area contributed by atoms with Gasteiger partial charge in [0.15, 0.2) is 0 Å². The van der Waals surface area contributed by atoms with E-state index in [0.29, 0.717) is 13.0 Å². The minimum atomic E-state index is 0.0869. The van der Waals surface area contributed by atoms with Crippen LogP contribution in [0.5, 0.6) is 0 Å². The fraction of sp³-hybridized carbons (Fsp3) is 0.444. The maximum atomic E-state index is 11.2. The summed E-state index contributed by atoms with van der Waals surface area (Å²) in [7, 11) is 1.84. The molecule has 1 amide bonds. The van der Waals surface area contributed by atoms with E-state index in [2.05, 4.69) is 26.6 Å². The number of thiophene rings is 1. The normalized spacial score (nSPS) is 10.1. The molecule has 0 bridgehead atoms. The molecule has 1 aromatic rings. The van der Waals surface area contributed by atoms with Crippen LogP contribution in [0.2, 0.25) is 0 Å². The monoisotopic (exact) mass is 276 g/mol. The van der Waals surface area contributed by atoms with Gasteiger partial charge < -0.3 is 10.6 Å². The van der Waals surface area contributed by atoms with Crippen LogP contribution in [-0.2, 0) is 11.3 Å². The number of hydrogen-bond donors (Lipinski definition) is 2. The molecule has 3 nitrogen and oxygen atoms in total. The summed E-state index contributed by atoms with van der Waals surface area (Å²) in [4.78, 5) is 12.4. The van der Waals surface area contributed by atoms with E-state index < -0.39 is 0 Å². The van der Waals surface area contributed by atoms with Gasteiger partial charge in [0, 0.05) is 27.7 Å². The molecular formula is C9H13BrN2OS. The molecule has 0 radical (unpaired) electrons. The highest BCUT2D eigenvalue weighted by Crippen LogP contribution is 2.19. The molecule has 0 atom stereocenters. The Morgan fingerprint density at radius 1 is 1.64 bits per heavy atom. The van der Waals surface area contributed by atoms with Crippen molar-refractivity contribution < 1.29 is 4.79 Å². The van der Waals surface area contributed by atoms with E-state index >= 15 is 0 Å². The quantitative estimate of drug-likeness (QED) is 0.860. The van der Waals surface area contributed by atoms with Crippen molar-refractivity contribution in [3.05, 3.63) is 20.8 Å². The van der Waals surface area contributed by atoms with E-state index in [4.69, 9.17) is 0 Å². The van der Waals surface area contributed by atoms with Gasteiger partial charge in [-0.2, -0.15) is 0 Å². The molecule has 78 valence electrons. The number of amides is 1. The van der Waals surface area contributed by atoms with Crippen molar-refractivity contribution in [1.82, 2.24) is 10.6 Å². The first kappa shape index (κ1) is 11.7. The van der Waals surface area contributed by atoms with Crippen LogP contribution < -0.4 is 10.6 Å². The van der Waals surface area contributed by atoms with Crippen molar-refractivity contribution in [2.45, 2.75) is 13.0 Å². The number of carbonyl (C=O) groups is 1. The molecule has 2 N–H and O–H groups in total. The van der Waals surface area contributed by atoms with Crippen LogP contribution >= 0.6 is 27.3 Å². The number of hydrogen-bond acceptors (Lipinski definition) is 3. The molecule has 0 fully saturated rings. The second kappa shape index (κ2) is 6.16. The summed E-state index contributed by atoms with van der Waals surface area (Å²) in [6, 6.07) is 2.02. The Kier molecular flexibility index (Phi) is 5.14. The van der Waals surface area contributed by atoms with E-state index in [-0.39, 0.29) is 5.91 Å². The van der Waals surface area contributed by atoms with Crippen molar-refractivity contribution in [1.29, 1.82) is 0 Å². The molecule has 0 saturated carbocycles. The zero-order valence-electron chi connectivity index (χ0n) is 7.97. The lowest BCUT2D eigenvalue weighted by molar-refractivity contribution is -0.121. The third kappa shape index (κ3) is 4.21. The van der Waals surface area contributed by atoms with Gasteiger partial charge in [0.25, 0.3) is 0 Å². The van der Waals surface area contributed by atoms with Gasteiger partial charge in [-0.1, -0.05) is 0 Å². The first-order chi connectivity index (χ1) is 6.72. The minimum Gasteiger partial charge on any atom is -0.351 e. The van der Waals surface area contributed by atoms with Crippen LogP contribution in [0.15, 0.2) is 15.9 Å². The van der Waals surface area contributed by atoms with Gasteiger partial charge in [-0.05, 0) is 29.0 Å². The molecule has 0 unspecified atom stereocenters. The van der Waals surface area contributed by atoms with Gasteiger partial charge in [-0.15, -0.1) is 11.3 Å². The molecule has 0 saturated heterocycles. The molecule has 0 aromatic carbocycles. The maximum absolute atomic E-state index is 11.2. The van der Waals surface area contributed by atoms with Gasteiger partial charge in [-0.3, -0.25) is 4.79 Å². The lowest BCUT2D eigenvalue weighted by atomic mass is 10.4. The van der Waals surface area contributed by atoms with Crippen LogP contribution in [0.3, 0.4) is 0 Å². The summed E-state index contributed by atoms with van der Waals surface area (Å²) in [6.45, 7) is 1.35. The van der Waals surface area contributed by atoms with Crippen molar-refractivity contribution in [3.63, 3.8) is 0 Å². The van der Waals surface area contributed by atoms with E-state index in [0.717, 1.165) is 15.9 Å². The zero-order chi connectivity index (χ0) is 10.4. The SMILES string of the molecule is CNCCC(=O)NCc1cc(Br)cs1. The first-order valence-electron chi connectivity index (χ1n) is 4.36. The summed E-state index contributed by atoms with van der Waals surface area (Å²) >= 11 is 5.01. The molecule has 0 spiro atoms. The lowest BCUT2D eigenvalue weighted by Gasteiger charge is -2.02. The first-order valence-corrected chi connectivity index (χ1v) is 6.04. The topological polar surface area (TPSA) is 41.1 Å². The molecule has 0 aliphatic rings. The van der Waals surface area contributed by atoms with Crippen molar-refractivity contribution in [3.8, 4) is 0 Å².